The molecule has 0 aliphatic heterocycles. The highest BCUT2D eigenvalue weighted by molar-refractivity contribution is 7.99. The topological polar surface area (TPSA) is 34.4 Å². The summed E-state index contributed by atoms with van der Waals surface area (Å²) in [5, 5.41) is 2.38. The summed E-state index contributed by atoms with van der Waals surface area (Å²) in [6.07, 6.45) is 0.348. The van der Waals surface area contributed by atoms with E-state index in [4.69, 9.17) is 0 Å². The number of fused-ring (bicyclic) bond motifs is 3. The van der Waals surface area contributed by atoms with Gasteiger partial charge in [-0.2, -0.15) is 4.99 Å². The lowest BCUT2D eigenvalue weighted by molar-refractivity contribution is -0.117. The Labute approximate surface area is 170 Å². The minimum absolute atomic E-state index is 0.132. The molecule has 1 heterocycles. The summed E-state index contributed by atoms with van der Waals surface area (Å²) >= 11 is 3.10. The van der Waals surface area contributed by atoms with Gasteiger partial charge in [0.25, 0.3) is 0 Å². The summed E-state index contributed by atoms with van der Waals surface area (Å²) in [5.41, 5.74) is 1.11. The van der Waals surface area contributed by atoms with Crippen molar-refractivity contribution in [2.45, 2.75) is 24.8 Å². The molecule has 0 saturated heterocycles. The molecular weight excluding hydrogens is 391 g/mol. The molecule has 4 rings (SSSR count). The van der Waals surface area contributed by atoms with Crippen LogP contribution >= 0.6 is 23.1 Å². The van der Waals surface area contributed by atoms with Crippen molar-refractivity contribution in [2.24, 2.45) is 4.99 Å². The number of hydrogen-bond acceptors (Lipinski definition) is 3. The van der Waals surface area contributed by atoms with Crippen molar-refractivity contribution in [1.29, 1.82) is 0 Å². The van der Waals surface area contributed by atoms with Gasteiger partial charge in [0.1, 0.15) is 5.82 Å². The third kappa shape index (κ3) is 3.88. The second kappa shape index (κ2) is 8.29. The smallest absolute Gasteiger partial charge is 0.249 e. The summed E-state index contributed by atoms with van der Waals surface area (Å²) in [4.78, 5) is 18.5. The zero-order chi connectivity index (χ0) is 19.5. The maximum Gasteiger partial charge on any atom is 0.249 e. The first-order chi connectivity index (χ1) is 13.7. The minimum atomic E-state index is -0.253. The Hall–Kier alpha value is -2.44. The van der Waals surface area contributed by atoms with Crippen molar-refractivity contribution in [3.05, 3.63) is 71.3 Å². The average molecular weight is 411 g/mol. The molecule has 0 aliphatic rings. The lowest BCUT2D eigenvalue weighted by atomic mass is 10.1. The van der Waals surface area contributed by atoms with E-state index in [1.165, 1.54) is 34.7 Å². The number of thioether (sulfide) groups is 1. The summed E-state index contributed by atoms with van der Waals surface area (Å²) in [6, 6.07) is 18.8. The van der Waals surface area contributed by atoms with Crippen LogP contribution in [-0.2, 0) is 11.3 Å². The van der Waals surface area contributed by atoms with Gasteiger partial charge in [-0.25, -0.2) is 4.39 Å². The Morgan fingerprint density at radius 1 is 1.11 bits per heavy atom. The van der Waals surface area contributed by atoms with Gasteiger partial charge in [0, 0.05) is 29.0 Å². The number of halogens is 1. The van der Waals surface area contributed by atoms with Crippen molar-refractivity contribution in [3.8, 4) is 0 Å². The Morgan fingerprint density at radius 2 is 1.89 bits per heavy atom. The highest BCUT2D eigenvalue weighted by atomic mass is 32.2. The molecule has 3 aromatic carbocycles. The van der Waals surface area contributed by atoms with E-state index < -0.39 is 0 Å². The van der Waals surface area contributed by atoms with E-state index in [-0.39, 0.29) is 11.7 Å². The normalized spacial score (nSPS) is 12.1. The zero-order valence-corrected chi connectivity index (χ0v) is 17.0. The van der Waals surface area contributed by atoms with Crippen LogP contribution in [0.1, 0.15) is 13.3 Å². The van der Waals surface area contributed by atoms with Crippen molar-refractivity contribution < 1.29 is 9.18 Å². The summed E-state index contributed by atoms with van der Waals surface area (Å²) in [7, 11) is 0. The molecule has 6 heteroatoms. The van der Waals surface area contributed by atoms with E-state index in [0.29, 0.717) is 12.2 Å². The van der Waals surface area contributed by atoms with Gasteiger partial charge in [-0.3, -0.25) is 4.79 Å². The van der Waals surface area contributed by atoms with Gasteiger partial charge in [0.15, 0.2) is 4.80 Å². The number of amides is 1. The SMILES string of the molecule is CCn1c(=NC(=O)CCSc2ccc(F)cc2)sc2c3ccccc3ccc21. The number of nitrogens with zero attached hydrogens (tertiary/aromatic N) is 2. The maximum atomic E-state index is 13.0. The quantitative estimate of drug-likeness (QED) is 0.400. The fourth-order valence-corrected chi connectivity index (χ4v) is 5.23. The molecule has 1 amide bonds. The first-order valence-corrected chi connectivity index (χ1v) is 10.9. The van der Waals surface area contributed by atoms with Crippen LogP contribution in [0, 0.1) is 5.82 Å². The molecule has 3 nitrogen and oxygen atoms in total. The number of rotatable bonds is 5. The van der Waals surface area contributed by atoms with Gasteiger partial charge in [-0.1, -0.05) is 41.7 Å². The van der Waals surface area contributed by atoms with Crippen molar-refractivity contribution in [1.82, 2.24) is 4.57 Å². The number of carbonyl (C=O) groups excluding carboxylic acids is 1. The van der Waals surface area contributed by atoms with Crippen molar-refractivity contribution >= 4 is 50.0 Å². The van der Waals surface area contributed by atoms with E-state index in [9.17, 15) is 9.18 Å². The zero-order valence-electron chi connectivity index (χ0n) is 15.4. The van der Waals surface area contributed by atoms with Crippen LogP contribution in [0.3, 0.4) is 0 Å². The van der Waals surface area contributed by atoms with Gasteiger partial charge in [-0.15, -0.1) is 11.8 Å². The third-order valence-corrected chi connectivity index (χ3v) is 6.65. The molecule has 28 heavy (non-hydrogen) atoms. The Kier molecular flexibility index (Phi) is 5.59. The Morgan fingerprint density at radius 3 is 2.68 bits per heavy atom. The van der Waals surface area contributed by atoms with Gasteiger partial charge in [0.2, 0.25) is 5.91 Å². The Balaban J connectivity index is 1.58. The van der Waals surface area contributed by atoms with E-state index in [2.05, 4.69) is 40.7 Å². The summed E-state index contributed by atoms with van der Waals surface area (Å²) in [6.45, 7) is 2.82. The van der Waals surface area contributed by atoms with Crippen LogP contribution in [0.2, 0.25) is 0 Å². The number of aromatic nitrogens is 1. The molecule has 0 aliphatic carbocycles. The molecule has 4 aromatic rings. The monoisotopic (exact) mass is 410 g/mol. The van der Waals surface area contributed by atoms with E-state index in [1.54, 1.807) is 23.5 Å². The molecule has 0 radical (unpaired) electrons. The number of aryl methyl sites for hydroxylation is 1. The largest absolute Gasteiger partial charge is 0.317 e. The molecule has 1 aromatic heterocycles. The molecule has 0 spiro atoms. The second-order valence-corrected chi connectivity index (χ2v) is 8.47. The van der Waals surface area contributed by atoms with Crippen LogP contribution in [0.15, 0.2) is 70.6 Å². The lowest BCUT2D eigenvalue weighted by Crippen LogP contribution is -2.15. The standard InChI is InChI=1S/C22H19FN2OS2/c1-2-25-19-12-7-15-5-3-4-6-18(15)21(19)28-22(25)24-20(26)13-14-27-17-10-8-16(23)9-11-17/h3-12H,2,13-14H2,1H3. The third-order valence-electron chi connectivity index (χ3n) is 4.51. The lowest BCUT2D eigenvalue weighted by Gasteiger charge is -2.02. The number of hydrogen-bond donors (Lipinski definition) is 0. The van der Waals surface area contributed by atoms with Gasteiger partial charge in [0.05, 0.1) is 10.2 Å². The van der Waals surface area contributed by atoms with E-state index in [0.717, 1.165) is 26.5 Å². The molecule has 0 bridgehead atoms. The van der Waals surface area contributed by atoms with Crippen LogP contribution in [-0.4, -0.2) is 16.2 Å². The first kappa shape index (κ1) is 18.9. The number of carbonyl (C=O) groups is 1. The first-order valence-electron chi connectivity index (χ1n) is 9.12. The second-order valence-electron chi connectivity index (χ2n) is 6.32. The number of thiazole rings is 1. The highest BCUT2D eigenvalue weighted by Crippen LogP contribution is 2.27. The molecule has 0 unspecified atom stereocenters. The maximum absolute atomic E-state index is 13.0. The molecule has 142 valence electrons. The minimum Gasteiger partial charge on any atom is -0.317 e. The van der Waals surface area contributed by atoms with E-state index in [1.807, 2.05) is 12.1 Å². The van der Waals surface area contributed by atoms with Crippen LogP contribution in [0.4, 0.5) is 4.39 Å². The Bertz CT molecular complexity index is 1210. The molecule has 0 N–H and O–H groups in total. The molecule has 0 fully saturated rings. The summed E-state index contributed by atoms with van der Waals surface area (Å²) in [5.74, 6) is 0.234. The van der Waals surface area contributed by atoms with E-state index >= 15 is 0 Å². The van der Waals surface area contributed by atoms with Crippen molar-refractivity contribution in [3.63, 3.8) is 0 Å². The van der Waals surface area contributed by atoms with Crippen LogP contribution in [0.25, 0.3) is 21.0 Å². The van der Waals surface area contributed by atoms with Gasteiger partial charge < -0.3 is 4.57 Å². The van der Waals surface area contributed by atoms with Crippen LogP contribution in [0.5, 0.6) is 0 Å². The fourth-order valence-electron chi connectivity index (χ4n) is 3.14. The highest BCUT2D eigenvalue weighted by Gasteiger charge is 2.10. The van der Waals surface area contributed by atoms with Crippen molar-refractivity contribution in [2.75, 3.05) is 5.75 Å². The fraction of sp³-hybridized carbons (Fsp3) is 0.182. The molecule has 0 saturated carbocycles. The molecule has 0 atom stereocenters. The number of benzene rings is 3. The van der Waals surface area contributed by atoms with Crippen LogP contribution < -0.4 is 4.80 Å². The van der Waals surface area contributed by atoms with Gasteiger partial charge >= 0.3 is 0 Å². The average Bonchev–Trinajstić information content (AvgIpc) is 3.07. The van der Waals surface area contributed by atoms with Gasteiger partial charge in [-0.05, 0) is 42.6 Å². The molecular formula is C22H19FN2OS2. The predicted octanol–water partition coefficient (Wildman–Crippen LogP) is 5.62. The summed E-state index contributed by atoms with van der Waals surface area (Å²) < 4.78 is 16.2. The predicted molar refractivity (Wildman–Crippen MR) is 115 cm³/mol.